The van der Waals surface area contributed by atoms with Crippen molar-refractivity contribution >= 4 is 11.9 Å². The molecule has 1 aromatic rings. The number of hydrogen-bond acceptors (Lipinski definition) is 6. The maximum atomic E-state index is 11.1. The zero-order valence-electron chi connectivity index (χ0n) is 10.2. The van der Waals surface area contributed by atoms with Crippen LogP contribution in [0.15, 0.2) is 12.3 Å². The smallest absolute Gasteiger partial charge is 0.325 e. The van der Waals surface area contributed by atoms with Gasteiger partial charge in [0.25, 0.3) is 0 Å². The van der Waals surface area contributed by atoms with Crippen LogP contribution in [0, 0.1) is 0 Å². The molecule has 2 rings (SSSR count). The van der Waals surface area contributed by atoms with Crippen molar-refractivity contribution in [1.29, 1.82) is 0 Å². The highest BCUT2D eigenvalue weighted by atomic mass is 16.5. The summed E-state index contributed by atoms with van der Waals surface area (Å²) in [6, 6.07) is 1.66. The predicted octanol–water partition coefficient (Wildman–Crippen LogP) is -0.132. The van der Waals surface area contributed by atoms with Crippen LogP contribution in [-0.4, -0.2) is 46.3 Å². The van der Waals surface area contributed by atoms with Crippen molar-refractivity contribution < 1.29 is 14.6 Å². The zero-order chi connectivity index (χ0) is 13.2. The molecule has 1 aromatic heterocycles. The van der Waals surface area contributed by atoms with Gasteiger partial charge in [-0.1, -0.05) is 0 Å². The summed E-state index contributed by atoms with van der Waals surface area (Å²) >= 11 is 0. The number of nitrogens with zero attached hydrogens (tertiary/aromatic N) is 3. The first-order valence-corrected chi connectivity index (χ1v) is 5.78. The van der Waals surface area contributed by atoms with E-state index in [0.717, 1.165) is 0 Å². The quantitative estimate of drug-likeness (QED) is 0.769. The van der Waals surface area contributed by atoms with Crippen molar-refractivity contribution in [2.45, 2.75) is 18.9 Å². The van der Waals surface area contributed by atoms with Gasteiger partial charge in [-0.05, 0) is 13.3 Å². The van der Waals surface area contributed by atoms with Crippen molar-refractivity contribution in [2.75, 3.05) is 24.6 Å². The van der Waals surface area contributed by atoms with Crippen LogP contribution in [0.4, 0.5) is 5.95 Å². The molecular formula is C11H16N4O3. The van der Waals surface area contributed by atoms with Crippen LogP contribution in [0.1, 0.15) is 13.3 Å². The second-order valence-electron chi connectivity index (χ2n) is 4.26. The number of aliphatic carboxylic acids is 1. The third-order valence-corrected chi connectivity index (χ3v) is 2.92. The molecule has 0 amide bonds. The van der Waals surface area contributed by atoms with Gasteiger partial charge in [0.05, 0.1) is 6.61 Å². The number of hydrogen-bond donors (Lipinski definition) is 2. The maximum absolute atomic E-state index is 11.1. The van der Waals surface area contributed by atoms with Gasteiger partial charge in [0.1, 0.15) is 5.54 Å². The summed E-state index contributed by atoms with van der Waals surface area (Å²) in [5.41, 5.74) is 4.58. The molecule has 0 aliphatic carbocycles. The van der Waals surface area contributed by atoms with E-state index in [2.05, 4.69) is 9.97 Å². The van der Waals surface area contributed by atoms with E-state index in [1.54, 1.807) is 17.2 Å². The van der Waals surface area contributed by atoms with Crippen LogP contribution < -0.4 is 15.4 Å². The first-order chi connectivity index (χ1) is 8.55. The number of carbonyl (C=O) groups is 1. The van der Waals surface area contributed by atoms with Crippen molar-refractivity contribution in [3.05, 3.63) is 12.3 Å². The molecule has 0 radical (unpaired) electrons. The summed E-state index contributed by atoms with van der Waals surface area (Å²) in [7, 11) is 0. The number of anilines is 1. The first kappa shape index (κ1) is 12.6. The molecule has 0 saturated carbocycles. The van der Waals surface area contributed by atoms with Gasteiger partial charge in [-0.2, -0.15) is 4.98 Å². The van der Waals surface area contributed by atoms with Crippen molar-refractivity contribution in [3.63, 3.8) is 0 Å². The van der Waals surface area contributed by atoms with Gasteiger partial charge >= 0.3 is 5.97 Å². The summed E-state index contributed by atoms with van der Waals surface area (Å²) < 4.78 is 5.28. The largest absolute Gasteiger partial charge is 0.480 e. The van der Waals surface area contributed by atoms with Gasteiger partial charge in [-0.15, -0.1) is 0 Å². The van der Waals surface area contributed by atoms with Gasteiger partial charge < -0.3 is 20.5 Å². The zero-order valence-corrected chi connectivity index (χ0v) is 10.2. The van der Waals surface area contributed by atoms with Gasteiger partial charge in [0, 0.05) is 25.4 Å². The molecule has 1 unspecified atom stereocenters. The lowest BCUT2D eigenvalue weighted by Crippen LogP contribution is -2.50. The van der Waals surface area contributed by atoms with Gasteiger partial charge in [-0.25, -0.2) is 4.98 Å². The lowest BCUT2D eigenvalue weighted by atomic mass is 10.0. The Bertz CT molecular complexity index is 454. The lowest BCUT2D eigenvalue weighted by Gasteiger charge is -2.20. The molecule has 1 fully saturated rings. The number of carboxylic acids is 1. The highest BCUT2D eigenvalue weighted by Crippen LogP contribution is 2.23. The summed E-state index contributed by atoms with van der Waals surface area (Å²) in [6.07, 6.45) is 1.97. The van der Waals surface area contributed by atoms with Gasteiger partial charge in [-0.3, -0.25) is 4.79 Å². The van der Waals surface area contributed by atoms with E-state index in [-0.39, 0.29) is 6.54 Å². The minimum Gasteiger partial charge on any atom is -0.480 e. The summed E-state index contributed by atoms with van der Waals surface area (Å²) in [5, 5.41) is 9.06. The fraction of sp³-hybridized carbons (Fsp3) is 0.545. The number of nitrogens with two attached hydrogens (primary N) is 1. The Labute approximate surface area is 105 Å². The Kier molecular flexibility index (Phi) is 3.33. The Hall–Kier alpha value is -1.89. The Morgan fingerprint density at radius 1 is 1.72 bits per heavy atom. The Morgan fingerprint density at radius 3 is 3.11 bits per heavy atom. The van der Waals surface area contributed by atoms with Crippen molar-refractivity contribution in [1.82, 2.24) is 9.97 Å². The van der Waals surface area contributed by atoms with E-state index in [4.69, 9.17) is 15.6 Å². The molecule has 3 N–H and O–H groups in total. The predicted molar refractivity (Wildman–Crippen MR) is 64.6 cm³/mol. The SMILES string of the molecule is CCOc1ccnc(N2CCC(N)(C(=O)O)C2)n1. The fourth-order valence-corrected chi connectivity index (χ4v) is 1.89. The topological polar surface area (TPSA) is 102 Å². The molecule has 2 heterocycles. The lowest BCUT2D eigenvalue weighted by molar-refractivity contribution is -0.142. The van der Waals surface area contributed by atoms with Crippen LogP contribution >= 0.6 is 0 Å². The third-order valence-electron chi connectivity index (χ3n) is 2.92. The minimum absolute atomic E-state index is 0.206. The molecule has 7 nitrogen and oxygen atoms in total. The molecule has 7 heteroatoms. The van der Waals surface area contributed by atoms with Gasteiger partial charge in [0.15, 0.2) is 0 Å². The molecule has 1 aliphatic rings. The minimum atomic E-state index is -1.22. The van der Waals surface area contributed by atoms with Gasteiger partial charge in [0.2, 0.25) is 11.8 Å². The number of carboxylic acid groups (broad SMARTS) is 1. The van der Waals surface area contributed by atoms with Crippen LogP contribution in [0.5, 0.6) is 5.88 Å². The van der Waals surface area contributed by atoms with E-state index in [0.29, 0.717) is 31.4 Å². The molecule has 0 spiro atoms. The molecule has 18 heavy (non-hydrogen) atoms. The molecular weight excluding hydrogens is 236 g/mol. The Morgan fingerprint density at radius 2 is 2.50 bits per heavy atom. The van der Waals surface area contributed by atoms with E-state index >= 15 is 0 Å². The highest BCUT2D eigenvalue weighted by Gasteiger charge is 2.42. The van der Waals surface area contributed by atoms with E-state index in [1.165, 1.54) is 0 Å². The van der Waals surface area contributed by atoms with Crippen molar-refractivity contribution in [3.8, 4) is 5.88 Å². The number of aromatic nitrogens is 2. The average molecular weight is 252 g/mol. The van der Waals surface area contributed by atoms with Crippen LogP contribution in [-0.2, 0) is 4.79 Å². The molecule has 1 aliphatic heterocycles. The third kappa shape index (κ3) is 2.35. The second-order valence-corrected chi connectivity index (χ2v) is 4.26. The van der Waals surface area contributed by atoms with E-state index in [1.807, 2.05) is 6.92 Å². The summed E-state index contributed by atoms with van der Waals surface area (Å²) in [5.74, 6) is -0.0622. The van der Waals surface area contributed by atoms with Crippen LogP contribution in [0.2, 0.25) is 0 Å². The normalized spacial score (nSPS) is 23.1. The monoisotopic (exact) mass is 252 g/mol. The highest BCUT2D eigenvalue weighted by molar-refractivity contribution is 5.80. The second kappa shape index (κ2) is 4.77. The summed E-state index contributed by atoms with van der Waals surface area (Å²) in [6.45, 7) is 3.12. The molecule has 0 aromatic carbocycles. The van der Waals surface area contributed by atoms with Crippen molar-refractivity contribution in [2.24, 2.45) is 5.73 Å². The number of ether oxygens (including phenoxy) is 1. The average Bonchev–Trinajstić information content (AvgIpc) is 2.74. The molecule has 98 valence electrons. The van der Waals surface area contributed by atoms with E-state index in [9.17, 15) is 4.79 Å². The first-order valence-electron chi connectivity index (χ1n) is 5.78. The maximum Gasteiger partial charge on any atom is 0.325 e. The van der Waals surface area contributed by atoms with Crippen LogP contribution in [0.25, 0.3) is 0 Å². The summed E-state index contributed by atoms with van der Waals surface area (Å²) in [4.78, 5) is 21.1. The van der Waals surface area contributed by atoms with E-state index < -0.39 is 11.5 Å². The fourth-order valence-electron chi connectivity index (χ4n) is 1.89. The molecule has 0 bridgehead atoms. The van der Waals surface area contributed by atoms with Crippen LogP contribution in [0.3, 0.4) is 0 Å². The standard InChI is InChI=1S/C11H16N4O3/c1-2-18-8-3-5-13-10(14-8)15-6-4-11(12,7-15)9(16)17/h3,5H,2,4,6-7,12H2,1H3,(H,16,17). The molecule has 1 saturated heterocycles. The number of rotatable bonds is 4. The molecule has 1 atom stereocenters. The Balaban J connectivity index is 2.14.